The fourth-order valence-corrected chi connectivity index (χ4v) is 2.05. The molecular weight excluding hydrogens is 214 g/mol. The van der Waals surface area contributed by atoms with Crippen molar-refractivity contribution in [3.8, 4) is 0 Å². The highest BCUT2D eigenvalue weighted by Crippen LogP contribution is 2.30. The fourth-order valence-electron chi connectivity index (χ4n) is 2.05. The maximum atomic E-state index is 7.60. The maximum Gasteiger partial charge on any atom is 0.0966 e. The number of nitrogens with two attached hydrogens (primary N) is 1. The minimum Gasteiger partial charge on any atom is -0.387 e. The van der Waals surface area contributed by atoms with Crippen LogP contribution in [0.25, 0.3) is 0 Å². The van der Waals surface area contributed by atoms with Gasteiger partial charge in [-0.15, -0.1) is 0 Å². The summed E-state index contributed by atoms with van der Waals surface area (Å²) in [5.74, 6) is 0.950. The standard InChI is InChI=1S/C13H27N3O/c1-11(2)10-17-9-8-16-6-4-13(3,5-7-16)12(14)15/h11H,4-10H2,1-3H3,(H3,14,15). The van der Waals surface area contributed by atoms with Crippen molar-refractivity contribution in [3.63, 3.8) is 0 Å². The van der Waals surface area contributed by atoms with E-state index in [2.05, 4.69) is 25.7 Å². The summed E-state index contributed by atoms with van der Waals surface area (Å²) in [4.78, 5) is 2.41. The lowest BCUT2D eigenvalue weighted by Crippen LogP contribution is -2.45. The molecule has 4 heteroatoms. The number of ether oxygens (including phenoxy) is 1. The van der Waals surface area contributed by atoms with Gasteiger partial charge in [0.05, 0.1) is 12.4 Å². The second kappa shape index (κ2) is 6.36. The molecule has 0 aromatic carbocycles. The Morgan fingerprint density at radius 1 is 1.41 bits per heavy atom. The highest BCUT2D eigenvalue weighted by molar-refractivity contribution is 5.83. The first kappa shape index (κ1) is 14.5. The van der Waals surface area contributed by atoms with Crippen LogP contribution in [-0.4, -0.2) is 43.6 Å². The highest BCUT2D eigenvalue weighted by atomic mass is 16.5. The summed E-state index contributed by atoms with van der Waals surface area (Å²) < 4.78 is 5.59. The molecule has 4 nitrogen and oxygen atoms in total. The van der Waals surface area contributed by atoms with E-state index >= 15 is 0 Å². The van der Waals surface area contributed by atoms with Crippen LogP contribution in [0.1, 0.15) is 33.6 Å². The van der Waals surface area contributed by atoms with E-state index < -0.39 is 0 Å². The molecule has 0 radical (unpaired) electrons. The lowest BCUT2D eigenvalue weighted by atomic mass is 9.79. The quantitative estimate of drug-likeness (QED) is 0.423. The van der Waals surface area contributed by atoms with Gasteiger partial charge < -0.3 is 15.4 Å². The SMILES string of the molecule is CC(C)COCCN1CCC(C)(C(=N)N)CC1. The molecule has 1 aliphatic rings. The third-order valence-electron chi connectivity index (χ3n) is 3.61. The zero-order chi connectivity index (χ0) is 12.9. The van der Waals surface area contributed by atoms with Gasteiger partial charge in [-0.1, -0.05) is 20.8 Å². The molecule has 1 heterocycles. The van der Waals surface area contributed by atoms with Crippen LogP contribution in [0.2, 0.25) is 0 Å². The zero-order valence-electron chi connectivity index (χ0n) is 11.5. The third-order valence-corrected chi connectivity index (χ3v) is 3.61. The minimum atomic E-state index is -0.0741. The molecule has 0 atom stereocenters. The van der Waals surface area contributed by atoms with E-state index in [1.807, 2.05) is 0 Å². The Morgan fingerprint density at radius 2 is 2.00 bits per heavy atom. The monoisotopic (exact) mass is 241 g/mol. The molecule has 17 heavy (non-hydrogen) atoms. The van der Waals surface area contributed by atoms with Crippen LogP contribution in [0, 0.1) is 16.7 Å². The zero-order valence-corrected chi connectivity index (χ0v) is 11.5. The Labute approximate surface area is 105 Å². The smallest absolute Gasteiger partial charge is 0.0966 e. The van der Waals surface area contributed by atoms with Gasteiger partial charge in [-0.05, 0) is 31.8 Å². The van der Waals surface area contributed by atoms with Gasteiger partial charge in [-0.2, -0.15) is 0 Å². The second-order valence-electron chi connectivity index (χ2n) is 5.78. The largest absolute Gasteiger partial charge is 0.387 e. The predicted octanol–water partition coefficient (Wildman–Crippen LogP) is 1.70. The molecule has 0 bridgehead atoms. The number of hydrogen-bond donors (Lipinski definition) is 2. The van der Waals surface area contributed by atoms with Crippen LogP contribution >= 0.6 is 0 Å². The van der Waals surface area contributed by atoms with Crippen LogP contribution in [0.15, 0.2) is 0 Å². The molecule has 0 aliphatic carbocycles. The van der Waals surface area contributed by atoms with Crippen molar-refractivity contribution in [2.45, 2.75) is 33.6 Å². The van der Waals surface area contributed by atoms with Gasteiger partial charge in [0, 0.05) is 18.6 Å². The van der Waals surface area contributed by atoms with Gasteiger partial charge in [0.25, 0.3) is 0 Å². The normalized spacial score (nSPS) is 20.7. The van der Waals surface area contributed by atoms with Crippen LogP contribution < -0.4 is 5.73 Å². The van der Waals surface area contributed by atoms with Gasteiger partial charge in [0.1, 0.15) is 0 Å². The van der Waals surface area contributed by atoms with E-state index in [1.54, 1.807) is 0 Å². The van der Waals surface area contributed by atoms with Gasteiger partial charge in [-0.3, -0.25) is 5.41 Å². The summed E-state index contributed by atoms with van der Waals surface area (Å²) >= 11 is 0. The third kappa shape index (κ3) is 4.64. The lowest BCUT2D eigenvalue weighted by Gasteiger charge is -2.38. The molecule has 1 rings (SSSR count). The van der Waals surface area contributed by atoms with E-state index in [4.69, 9.17) is 15.9 Å². The van der Waals surface area contributed by atoms with Gasteiger partial charge in [-0.25, -0.2) is 0 Å². The molecule has 100 valence electrons. The molecular formula is C13H27N3O. The van der Waals surface area contributed by atoms with E-state index in [0.29, 0.717) is 11.8 Å². The predicted molar refractivity (Wildman–Crippen MR) is 71.4 cm³/mol. The molecule has 0 unspecified atom stereocenters. The van der Waals surface area contributed by atoms with Crippen molar-refractivity contribution >= 4 is 5.84 Å². The van der Waals surface area contributed by atoms with Crippen LogP contribution in [0.3, 0.4) is 0 Å². The van der Waals surface area contributed by atoms with E-state index in [1.165, 1.54) is 0 Å². The van der Waals surface area contributed by atoms with Crippen molar-refractivity contribution in [2.24, 2.45) is 17.1 Å². The topological polar surface area (TPSA) is 62.3 Å². The van der Waals surface area contributed by atoms with Gasteiger partial charge in [0.15, 0.2) is 0 Å². The average Bonchev–Trinajstić information content (AvgIpc) is 2.26. The number of piperidine rings is 1. The van der Waals surface area contributed by atoms with Crippen LogP contribution in [-0.2, 0) is 4.74 Å². The average molecular weight is 241 g/mol. The first-order valence-electron chi connectivity index (χ1n) is 6.58. The van der Waals surface area contributed by atoms with Crippen molar-refractivity contribution in [3.05, 3.63) is 0 Å². The van der Waals surface area contributed by atoms with Crippen molar-refractivity contribution < 1.29 is 4.74 Å². The molecule has 1 fully saturated rings. The van der Waals surface area contributed by atoms with Crippen LogP contribution in [0.4, 0.5) is 0 Å². The minimum absolute atomic E-state index is 0.0741. The fraction of sp³-hybridized carbons (Fsp3) is 0.923. The van der Waals surface area contributed by atoms with Crippen molar-refractivity contribution in [2.75, 3.05) is 32.8 Å². The maximum absolute atomic E-state index is 7.60. The number of rotatable bonds is 6. The molecule has 0 aromatic heterocycles. The van der Waals surface area contributed by atoms with Crippen LogP contribution in [0.5, 0.6) is 0 Å². The van der Waals surface area contributed by atoms with E-state index in [-0.39, 0.29) is 5.41 Å². The second-order valence-corrected chi connectivity index (χ2v) is 5.78. The highest BCUT2D eigenvalue weighted by Gasteiger charge is 2.32. The summed E-state index contributed by atoms with van der Waals surface area (Å²) in [5.41, 5.74) is 5.57. The van der Waals surface area contributed by atoms with Crippen molar-refractivity contribution in [1.29, 1.82) is 5.41 Å². The first-order chi connectivity index (χ1) is 7.94. The molecule has 1 aliphatic heterocycles. The number of nitrogens with zero attached hydrogens (tertiary/aromatic N) is 1. The Kier molecular flexibility index (Phi) is 5.40. The summed E-state index contributed by atoms with van der Waals surface area (Å²) in [6, 6.07) is 0. The first-order valence-corrected chi connectivity index (χ1v) is 6.58. The molecule has 3 N–H and O–H groups in total. The summed E-state index contributed by atoms with van der Waals surface area (Å²) in [6.45, 7) is 11.2. The number of hydrogen-bond acceptors (Lipinski definition) is 3. The van der Waals surface area contributed by atoms with Gasteiger partial charge in [0.2, 0.25) is 0 Å². The number of nitrogens with one attached hydrogen (secondary N) is 1. The lowest BCUT2D eigenvalue weighted by molar-refractivity contribution is 0.0699. The summed E-state index contributed by atoms with van der Waals surface area (Å²) in [6.07, 6.45) is 1.99. The van der Waals surface area contributed by atoms with Crippen molar-refractivity contribution in [1.82, 2.24) is 4.90 Å². The van der Waals surface area contributed by atoms with E-state index in [9.17, 15) is 0 Å². The number of likely N-dealkylation sites (tertiary alicyclic amines) is 1. The molecule has 0 spiro atoms. The Hall–Kier alpha value is -0.610. The number of amidine groups is 1. The Morgan fingerprint density at radius 3 is 2.47 bits per heavy atom. The van der Waals surface area contributed by atoms with E-state index in [0.717, 1.165) is 45.7 Å². The Bertz CT molecular complexity index is 245. The summed E-state index contributed by atoms with van der Waals surface area (Å²) in [7, 11) is 0. The summed E-state index contributed by atoms with van der Waals surface area (Å²) in [5, 5.41) is 7.60. The van der Waals surface area contributed by atoms with Gasteiger partial charge >= 0.3 is 0 Å². The molecule has 1 saturated heterocycles. The molecule has 0 aromatic rings. The molecule has 0 saturated carbocycles. The Balaban J connectivity index is 2.17. The molecule has 0 amide bonds.